The number of carbonyl (C=O) groups excluding carboxylic acids is 1. The first-order valence-corrected chi connectivity index (χ1v) is 22.5. The number of carbonyl (C=O) groups is 1. The van der Waals surface area contributed by atoms with E-state index in [1.807, 2.05) is 0 Å². The lowest BCUT2D eigenvalue weighted by molar-refractivity contribution is -0.157. The number of rotatable bonds is 17. The van der Waals surface area contributed by atoms with Crippen molar-refractivity contribution >= 4 is 31.2 Å². The Labute approximate surface area is 232 Å². The maximum atomic E-state index is 12.9. The fourth-order valence-electron chi connectivity index (χ4n) is 5.10. The Morgan fingerprint density at radius 2 is 1.36 bits per heavy atom. The predicted octanol–water partition coefficient (Wildman–Crippen LogP) is 10.5. The SMILES string of the molecule is C.C.C.CCCC[Si](C)(C)O[Si](C)(C)O[Si](C)(C)CC(C)C(CC)CC(C)(CC)C(=O)OCC(C)C. The van der Waals surface area contributed by atoms with Crippen LogP contribution in [0.2, 0.25) is 51.4 Å². The summed E-state index contributed by atoms with van der Waals surface area (Å²) in [5, 5.41) is 0. The highest BCUT2D eigenvalue weighted by Gasteiger charge is 2.42. The van der Waals surface area contributed by atoms with Crippen LogP contribution in [0.25, 0.3) is 0 Å². The molecule has 0 aromatic carbocycles. The summed E-state index contributed by atoms with van der Waals surface area (Å²) in [4.78, 5) is 12.9. The smallest absolute Gasteiger partial charge is 0.311 e. The average Bonchev–Trinajstić information content (AvgIpc) is 2.65. The zero-order valence-electron chi connectivity index (χ0n) is 24.5. The Hall–Kier alpha value is 0.0406. The molecule has 0 heterocycles. The fourth-order valence-corrected chi connectivity index (χ4v) is 20.1. The van der Waals surface area contributed by atoms with Crippen molar-refractivity contribution in [2.45, 2.75) is 154 Å². The van der Waals surface area contributed by atoms with Gasteiger partial charge in [-0.25, -0.2) is 0 Å². The van der Waals surface area contributed by atoms with E-state index in [4.69, 9.17) is 13.0 Å². The standard InChI is InChI=1S/C26H58O4Si3.3CH4/c1-14-17-18-31(8,9)29-33(12,13)30-32(10,11)21-23(6)24(15-2)19-26(7,16-3)25(27)28-20-22(4)5;;;/h22-24H,14-21H2,1-13H3;3*1H4. The van der Waals surface area contributed by atoms with Crippen LogP contribution in [0.4, 0.5) is 0 Å². The van der Waals surface area contributed by atoms with E-state index < -0.39 is 30.6 Å². The van der Waals surface area contributed by atoms with Crippen molar-refractivity contribution in [2.75, 3.05) is 6.61 Å². The largest absolute Gasteiger partial charge is 0.465 e. The van der Waals surface area contributed by atoms with E-state index in [-0.39, 0.29) is 28.2 Å². The Morgan fingerprint density at radius 1 is 0.861 bits per heavy atom. The molecule has 7 heteroatoms. The molecular formula is C29H70O4Si3. The van der Waals surface area contributed by atoms with E-state index in [2.05, 4.69) is 87.7 Å². The first-order valence-electron chi connectivity index (χ1n) is 13.5. The van der Waals surface area contributed by atoms with Crippen LogP contribution in [0.3, 0.4) is 0 Å². The molecule has 3 atom stereocenters. The summed E-state index contributed by atoms with van der Waals surface area (Å²) in [5.41, 5.74) is -0.414. The molecule has 4 nitrogen and oxygen atoms in total. The van der Waals surface area contributed by atoms with Gasteiger partial charge in [-0.2, -0.15) is 0 Å². The van der Waals surface area contributed by atoms with Crippen molar-refractivity contribution in [3.63, 3.8) is 0 Å². The molecule has 0 aliphatic carbocycles. The van der Waals surface area contributed by atoms with Crippen molar-refractivity contribution in [1.82, 2.24) is 0 Å². The van der Waals surface area contributed by atoms with Crippen LogP contribution in [0, 0.1) is 23.2 Å². The second kappa shape index (κ2) is 18.3. The van der Waals surface area contributed by atoms with Crippen molar-refractivity contribution in [2.24, 2.45) is 23.2 Å². The molecule has 222 valence electrons. The van der Waals surface area contributed by atoms with Gasteiger partial charge >= 0.3 is 14.5 Å². The molecule has 0 aliphatic heterocycles. The molecule has 0 fully saturated rings. The number of unbranched alkanes of at least 4 members (excludes halogenated alkanes) is 1. The molecule has 0 N–H and O–H groups in total. The third-order valence-electron chi connectivity index (χ3n) is 6.85. The highest BCUT2D eigenvalue weighted by molar-refractivity contribution is 6.87. The van der Waals surface area contributed by atoms with Crippen LogP contribution in [0.15, 0.2) is 0 Å². The second-order valence-corrected chi connectivity index (χ2v) is 25.1. The predicted molar refractivity (Wildman–Crippen MR) is 171 cm³/mol. The number of hydrogen-bond donors (Lipinski definition) is 0. The molecule has 36 heavy (non-hydrogen) atoms. The first-order chi connectivity index (χ1) is 14.9. The van der Waals surface area contributed by atoms with Gasteiger partial charge in [-0.15, -0.1) is 0 Å². The molecule has 0 bridgehead atoms. The molecule has 0 rings (SSSR count). The minimum Gasteiger partial charge on any atom is -0.465 e. The lowest BCUT2D eigenvalue weighted by atomic mass is 9.74. The number of hydrogen-bond acceptors (Lipinski definition) is 4. The van der Waals surface area contributed by atoms with Crippen molar-refractivity contribution < 1.29 is 17.8 Å². The zero-order valence-corrected chi connectivity index (χ0v) is 27.5. The molecule has 0 aromatic rings. The Kier molecular flexibility index (Phi) is 22.0. The Morgan fingerprint density at radius 3 is 1.78 bits per heavy atom. The molecule has 3 unspecified atom stereocenters. The molecule has 0 saturated carbocycles. The summed E-state index contributed by atoms with van der Waals surface area (Å²) in [6.45, 7) is 29.6. The maximum absolute atomic E-state index is 12.9. The first kappa shape index (κ1) is 43.1. The van der Waals surface area contributed by atoms with Gasteiger partial charge in [0.15, 0.2) is 16.6 Å². The van der Waals surface area contributed by atoms with Gasteiger partial charge in [0.05, 0.1) is 12.0 Å². The van der Waals surface area contributed by atoms with Crippen LogP contribution in [-0.4, -0.2) is 37.8 Å². The summed E-state index contributed by atoms with van der Waals surface area (Å²) < 4.78 is 19.3. The van der Waals surface area contributed by atoms with Gasteiger partial charge in [-0.3, -0.25) is 4.79 Å². The van der Waals surface area contributed by atoms with E-state index in [0.717, 1.165) is 25.3 Å². The van der Waals surface area contributed by atoms with Crippen LogP contribution in [-0.2, 0) is 17.8 Å². The molecular weight excluding hydrogens is 497 g/mol. The summed E-state index contributed by atoms with van der Waals surface area (Å²) in [6.07, 6.45) is 5.25. The summed E-state index contributed by atoms with van der Waals surface area (Å²) in [5.74, 6) is 1.33. The molecule has 0 amide bonds. The molecule has 0 saturated heterocycles. The molecule has 0 aliphatic rings. The molecule has 0 spiro atoms. The van der Waals surface area contributed by atoms with Gasteiger partial charge < -0.3 is 13.0 Å². The van der Waals surface area contributed by atoms with E-state index in [0.29, 0.717) is 24.4 Å². The van der Waals surface area contributed by atoms with Crippen LogP contribution >= 0.6 is 0 Å². The molecule has 0 aromatic heterocycles. The van der Waals surface area contributed by atoms with Gasteiger partial charge in [0.1, 0.15) is 0 Å². The average molecular weight is 567 g/mol. The molecule has 0 radical (unpaired) electrons. The lowest BCUT2D eigenvalue weighted by Gasteiger charge is -2.41. The Bertz CT molecular complexity index is 579. The highest BCUT2D eigenvalue weighted by Crippen LogP contribution is 2.39. The monoisotopic (exact) mass is 566 g/mol. The third kappa shape index (κ3) is 16.8. The summed E-state index contributed by atoms with van der Waals surface area (Å²) in [6, 6.07) is 2.31. The quantitative estimate of drug-likeness (QED) is 0.130. The van der Waals surface area contributed by atoms with E-state index in [9.17, 15) is 4.79 Å². The lowest BCUT2D eigenvalue weighted by Crippen LogP contribution is -2.52. The minimum atomic E-state index is -2.18. The Balaban J connectivity index is -0.00000171. The van der Waals surface area contributed by atoms with Crippen LogP contribution in [0.5, 0.6) is 0 Å². The van der Waals surface area contributed by atoms with Gasteiger partial charge in [-0.1, -0.05) is 83.1 Å². The maximum Gasteiger partial charge on any atom is 0.311 e. The van der Waals surface area contributed by atoms with E-state index in [1.54, 1.807) is 0 Å². The summed E-state index contributed by atoms with van der Waals surface area (Å²) >= 11 is 0. The fraction of sp³-hybridized carbons (Fsp3) is 0.966. The van der Waals surface area contributed by atoms with Crippen molar-refractivity contribution in [1.29, 1.82) is 0 Å². The normalized spacial score (nSPS) is 15.6. The van der Waals surface area contributed by atoms with Gasteiger partial charge in [0, 0.05) is 0 Å². The van der Waals surface area contributed by atoms with Gasteiger partial charge in [-0.05, 0) is 88.9 Å². The van der Waals surface area contributed by atoms with Crippen molar-refractivity contribution in [3.8, 4) is 0 Å². The van der Waals surface area contributed by atoms with Gasteiger partial charge in [0.25, 0.3) is 0 Å². The minimum absolute atomic E-state index is 0. The number of esters is 1. The van der Waals surface area contributed by atoms with E-state index >= 15 is 0 Å². The van der Waals surface area contributed by atoms with Crippen LogP contribution in [0.1, 0.15) is 103 Å². The summed E-state index contributed by atoms with van der Waals surface area (Å²) in [7, 11) is -5.78. The third-order valence-corrected chi connectivity index (χ3v) is 18.4. The zero-order chi connectivity index (χ0) is 26.1. The van der Waals surface area contributed by atoms with Gasteiger partial charge in [0.2, 0.25) is 0 Å². The number of ether oxygens (including phenoxy) is 1. The van der Waals surface area contributed by atoms with Crippen molar-refractivity contribution in [3.05, 3.63) is 0 Å². The second-order valence-electron chi connectivity index (χ2n) is 12.7. The topological polar surface area (TPSA) is 44.8 Å². The van der Waals surface area contributed by atoms with Crippen LogP contribution < -0.4 is 0 Å². The van der Waals surface area contributed by atoms with E-state index in [1.165, 1.54) is 18.9 Å². The highest BCUT2D eigenvalue weighted by atomic mass is 28.5.